The predicted molar refractivity (Wildman–Crippen MR) is 79.7 cm³/mol. The van der Waals surface area contributed by atoms with Crippen molar-refractivity contribution in [3.63, 3.8) is 0 Å². The van der Waals surface area contributed by atoms with Crippen molar-refractivity contribution in [2.75, 3.05) is 11.9 Å². The van der Waals surface area contributed by atoms with E-state index in [1.165, 1.54) is 6.07 Å². The predicted octanol–water partition coefficient (Wildman–Crippen LogP) is 2.16. The summed E-state index contributed by atoms with van der Waals surface area (Å²) in [6.07, 6.45) is 3.23. The molecule has 1 aromatic rings. The number of phenolic OH excluding ortho intramolecular Hbond substituents is 1. The lowest BCUT2D eigenvalue weighted by atomic mass is 10.1. The number of amides is 1. The topological polar surface area (TPSA) is 81.6 Å². The second kappa shape index (κ2) is 8.55. The van der Waals surface area contributed by atoms with Crippen LogP contribution in [0.25, 0.3) is 0 Å². The Morgan fingerprint density at radius 1 is 1.40 bits per heavy atom. The molecular formula is C15H24N2O3. The van der Waals surface area contributed by atoms with Gasteiger partial charge in [-0.05, 0) is 31.0 Å². The largest absolute Gasteiger partial charge is 0.506 e. The van der Waals surface area contributed by atoms with E-state index in [9.17, 15) is 15.0 Å². The Balaban J connectivity index is 2.56. The Hall–Kier alpha value is -1.59. The zero-order valence-corrected chi connectivity index (χ0v) is 12.1. The third-order valence-corrected chi connectivity index (χ3v) is 3.27. The van der Waals surface area contributed by atoms with Crippen LogP contribution in [-0.2, 0) is 4.79 Å². The van der Waals surface area contributed by atoms with Crippen molar-refractivity contribution in [1.82, 2.24) is 5.32 Å². The van der Waals surface area contributed by atoms with Crippen LogP contribution in [0.3, 0.4) is 0 Å². The number of aromatic hydroxyl groups is 1. The Morgan fingerprint density at radius 3 is 2.80 bits per heavy atom. The zero-order chi connectivity index (χ0) is 15.0. The molecule has 0 saturated carbocycles. The second-order valence-corrected chi connectivity index (χ2v) is 5.01. The first-order valence-corrected chi connectivity index (χ1v) is 7.03. The highest BCUT2D eigenvalue weighted by Crippen LogP contribution is 2.26. The van der Waals surface area contributed by atoms with Gasteiger partial charge >= 0.3 is 0 Å². The molecule has 0 radical (unpaired) electrons. The molecular weight excluding hydrogens is 256 g/mol. The number of anilines is 1. The molecule has 1 aromatic carbocycles. The molecule has 0 aliphatic heterocycles. The van der Waals surface area contributed by atoms with Gasteiger partial charge in [0.05, 0.1) is 11.8 Å². The molecule has 0 heterocycles. The lowest BCUT2D eigenvalue weighted by Gasteiger charge is -2.18. The first-order valence-electron chi connectivity index (χ1n) is 7.03. The fraction of sp³-hybridized carbons (Fsp3) is 0.533. The summed E-state index contributed by atoms with van der Waals surface area (Å²) >= 11 is 0. The molecule has 4 N–H and O–H groups in total. The van der Waals surface area contributed by atoms with Crippen LogP contribution in [0.4, 0.5) is 5.69 Å². The Kier molecular flexibility index (Phi) is 7.04. The summed E-state index contributed by atoms with van der Waals surface area (Å²) in [4.78, 5) is 10.4. The second-order valence-electron chi connectivity index (χ2n) is 5.01. The summed E-state index contributed by atoms with van der Waals surface area (Å²) in [5, 5.41) is 25.3. The summed E-state index contributed by atoms with van der Waals surface area (Å²) in [6.45, 7) is 4.69. The molecule has 0 aromatic heterocycles. The Bertz CT molecular complexity index is 424. The van der Waals surface area contributed by atoms with Crippen LogP contribution in [-0.4, -0.2) is 29.2 Å². The third-order valence-electron chi connectivity index (χ3n) is 3.27. The van der Waals surface area contributed by atoms with Crippen molar-refractivity contribution in [2.24, 2.45) is 0 Å². The smallest absolute Gasteiger partial charge is 0.211 e. The highest BCUT2D eigenvalue weighted by molar-refractivity contribution is 5.75. The number of hydrogen-bond acceptors (Lipinski definition) is 4. The highest BCUT2D eigenvalue weighted by atomic mass is 16.3. The first-order chi connectivity index (χ1) is 9.58. The molecule has 0 bridgehead atoms. The van der Waals surface area contributed by atoms with Crippen LogP contribution in [0.5, 0.6) is 5.75 Å². The van der Waals surface area contributed by atoms with Gasteiger partial charge in [0.2, 0.25) is 6.41 Å². The number of phenols is 1. The van der Waals surface area contributed by atoms with E-state index < -0.39 is 6.10 Å². The van der Waals surface area contributed by atoms with E-state index in [0.29, 0.717) is 30.2 Å². The number of carbonyl (C=O) groups is 1. The molecule has 0 unspecified atom stereocenters. The Morgan fingerprint density at radius 2 is 2.15 bits per heavy atom. The number of benzene rings is 1. The Labute approximate surface area is 120 Å². The maximum absolute atomic E-state index is 10.4. The van der Waals surface area contributed by atoms with Gasteiger partial charge in [0.25, 0.3) is 0 Å². The van der Waals surface area contributed by atoms with Gasteiger partial charge in [0.1, 0.15) is 5.75 Å². The number of aliphatic hydroxyl groups is 1. The van der Waals surface area contributed by atoms with Crippen molar-refractivity contribution in [3.8, 4) is 5.75 Å². The standard InChI is InChI=1S/C15H24N2O3/c1-3-4-5-11(2)16-9-15(20)12-6-7-14(19)13(8-12)17-10-18/h6-8,10-11,15-16,19-20H,3-5,9H2,1-2H3,(H,17,18)/t11-,15+/m1/s1. The van der Waals surface area contributed by atoms with Crippen LogP contribution in [0.15, 0.2) is 18.2 Å². The maximum atomic E-state index is 10.4. The minimum atomic E-state index is -0.674. The molecule has 0 aliphatic carbocycles. The van der Waals surface area contributed by atoms with Gasteiger partial charge in [-0.25, -0.2) is 0 Å². The summed E-state index contributed by atoms with van der Waals surface area (Å²) in [5.41, 5.74) is 0.956. The minimum Gasteiger partial charge on any atom is -0.506 e. The molecule has 112 valence electrons. The van der Waals surface area contributed by atoms with Crippen LogP contribution in [0.1, 0.15) is 44.8 Å². The van der Waals surface area contributed by atoms with Gasteiger partial charge in [-0.1, -0.05) is 25.8 Å². The van der Waals surface area contributed by atoms with Gasteiger partial charge in [0, 0.05) is 12.6 Å². The lowest BCUT2D eigenvalue weighted by Crippen LogP contribution is -2.30. The van der Waals surface area contributed by atoms with Crippen LogP contribution in [0, 0.1) is 0 Å². The van der Waals surface area contributed by atoms with Crippen molar-refractivity contribution < 1.29 is 15.0 Å². The molecule has 5 heteroatoms. The summed E-state index contributed by atoms with van der Waals surface area (Å²) in [7, 11) is 0. The van der Waals surface area contributed by atoms with E-state index in [-0.39, 0.29) is 5.75 Å². The first kappa shape index (κ1) is 16.5. The van der Waals surface area contributed by atoms with E-state index in [1.807, 2.05) is 0 Å². The monoisotopic (exact) mass is 280 g/mol. The number of hydrogen-bond donors (Lipinski definition) is 4. The van der Waals surface area contributed by atoms with Crippen LogP contribution < -0.4 is 10.6 Å². The normalized spacial score (nSPS) is 13.8. The molecule has 20 heavy (non-hydrogen) atoms. The fourth-order valence-corrected chi connectivity index (χ4v) is 1.98. The minimum absolute atomic E-state index is 0.0164. The van der Waals surface area contributed by atoms with Gasteiger partial charge in [-0.15, -0.1) is 0 Å². The highest BCUT2D eigenvalue weighted by Gasteiger charge is 2.11. The molecule has 1 rings (SSSR count). The van der Waals surface area contributed by atoms with E-state index in [2.05, 4.69) is 24.5 Å². The molecule has 0 fully saturated rings. The SMILES string of the molecule is CCCC[C@@H](C)NC[C@H](O)c1ccc(O)c(NC=O)c1. The van der Waals surface area contributed by atoms with E-state index in [4.69, 9.17) is 0 Å². The van der Waals surface area contributed by atoms with E-state index in [0.717, 1.165) is 19.3 Å². The molecule has 0 spiro atoms. The van der Waals surface area contributed by atoms with E-state index >= 15 is 0 Å². The number of unbranched alkanes of at least 4 members (excludes halogenated alkanes) is 1. The fourth-order valence-electron chi connectivity index (χ4n) is 1.98. The zero-order valence-electron chi connectivity index (χ0n) is 12.1. The quantitative estimate of drug-likeness (QED) is 0.413. The summed E-state index contributed by atoms with van der Waals surface area (Å²) < 4.78 is 0. The number of carbonyl (C=O) groups excluding carboxylic acids is 1. The molecule has 0 aliphatic rings. The molecule has 5 nitrogen and oxygen atoms in total. The average Bonchev–Trinajstić information content (AvgIpc) is 2.45. The number of nitrogens with one attached hydrogen (secondary N) is 2. The van der Waals surface area contributed by atoms with Crippen LogP contribution >= 0.6 is 0 Å². The van der Waals surface area contributed by atoms with Gasteiger partial charge in [-0.2, -0.15) is 0 Å². The lowest BCUT2D eigenvalue weighted by molar-refractivity contribution is -0.105. The van der Waals surface area contributed by atoms with Gasteiger partial charge in [-0.3, -0.25) is 4.79 Å². The van der Waals surface area contributed by atoms with Crippen molar-refractivity contribution in [2.45, 2.75) is 45.3 Å². The molecule has 1 amide bonds. The van der Waals surface area contributed by atoms with Crippen molar-refractivity contribution in [1.29, 1.82) is 0 Å². The van der Waals surface area contributed by atoms with Crippen molar-refractivity contribution in [3.05, 3.63) is 23.8 Å². The van der Waals surface area contributed by atoms with Crippen molar-refractivity contribution >= 4 is 12.1 Å². The summed E-state index contributed by atoms with van der Waals surface area (Å²) in [5.74, 6) is -0.0164. The van der Waals surface area contributed by atoms with Gasteiger partial charge in [0.15, 0.2) is 0 Å². The maximum Gasteiger partial charge on any atom is 0.211 e. The summed E-state index contributed by atoms with van der Waals surface area (Å²) in [6, 6.07) is 5.04. The number of aliphatic hydroxyl groups excluding tert-OH is 1. The average molecular weight is 280 g/mol. The molecule has 2 atom stereocenters. The number of rotatable bonds is 9. The van der Waals surface area contributed by atoms with Crippen LogP contribution in [0.2, 0.25) is 0 Å². The third kappa shape index (κ3) is 5.19. The van der Waals surface area contributed by atoms with Gasteiger partial charge < -0.3 is 20.8 Å². The molecule has 0 saturated heterocycles. The van der Waals surface area contributed by atoms with E-state index in [1.54, 1.807) is 12.1 Å².